The van der Waals surface area contributed by atoms with Crippen molar-refractivity contribution >= 4 is 11.9 Å². The van der Waals surface area contributed by atoms with Crippen molar-refractivity contribution in [2.24, 2.45) is 11.8 Å². The Kier molecular flexibility index (Phi) is 7.90. The van der Waals surface area contributed by atoms with Crippen molar-refractivity contribution in [2.75, 3.05) is 0 Å². The van der Waals surface area contributed by atoms with E-state index < -0.39 is 48.4 Å². The van der Waals surface area contributed by atoms with Crippen molar-refractivity contribution in [1.82, 2.24) is 0 Å². The van der Waals surface area contributed by atoms with E-state index in [-0.39, 0.29) is 6.42 Å². The maximum Gasteiger partial charge on any atom is 0.389 e. The highest BCUT2D eigenvalue weighted by Crippen LogP contribution is 2.31. The second kappa shape index (κ2) is 8.39. The third kappa shape index (κ3) is 8.89. The van der Waals surface area contributed by atoms with Crippen molar-refractivity contribution in [3.05, 3.63) is 0 Å². The smallest absolute Gasteiger partial charge is 0.389 e. The van der Waals surface area contributed by atoms with Crippen molar-refractivity contribution < 1.29 is 32.6 Å². The molecule has 0 aromatic heterocycles. The van der Waals surface area contributed by atoms with Crippen LogP contribution in [0.2, 0.25) is 0 Å². The average Bonchev–Trinajstić information content (AvgIpc) is 2.28. The van der Waals surface area contributed by atoms with Crippen LogP contribution in [0.15, 0.2) is 0 Å². The summed E-state index contributed by atoms with van der Waals surface area (Å²) < 4.78 is 42.4. The minimum absolute atomic E-state index is 0.160. The zero-order valence-electron chi connectivity index (χ0n) is 13.5. The number of carbonyl (C=O) groups is 2. The van der Waals surface area contributed by atoms with Crippen LogP contribution >= 0.6 is 0 Å². The second-order valence-corrected chi connectivity index (χ2v) is 6.38. The van der Waals surface area contributed by atoms with Crippen LogP contribution in [0, 0.1) is 11.8 Å². The van der Waals surface area contributed by atoms with Crippen LogP contribution in [-0.4, -0.2) is 28.8 Å². The summed E-state index contributed by atoms with van der Waals surface area (Å²) in [6.07, 6.45) is -4.82. The van der Waals surface area contributed by atoms with E-state index in [1.54, 1.807) is 20.8 Å². The van der Waals surface area contributed by atoms with Crippen molar-refractivity contribution in [3.63, 3.8) is 0 Å². The van der Waals surface area contributed by atoms with E-state index in [1.807, 2.05) is 6.92 Å². The number of hydrogen-bond acceptors (Lipinski definition) is 3. The molecule has 0 amide bonds. The summed E-state index contributed by atoms with van der Waals surface area (Å²) in [4.78, 5) is 23.5. The fraction of sp³-hybridized carbons (Fsp3) is 0.867. The van der Waals surface area contributed by atoms with Gasteiger partial charge in [-0.05, 0) is 33.6 Å². The van der Waals surface area contributed by atoms with Gasteiger partial charge in [-0.1, -0.05) is 19.8 Å². The molecule has 0 heterocycles. The van der Waals surface area contributed by atoms with E-state index in [1.165, 1.54) is 0 Å². The van der Waals surface area contributed by atoms with Crippen LogP contribution in [0.4, 0.5) is 13.2 Å². The number of carbonyl (C=O) groups excluding carboxylic acids is 1. The Labute approximate surface area is 129 Å². The first kappa shape index (κ1) is 20.7. The summed E-state index contributed by atoms with van der Waals surface area (Å²) in [6.45, 7) is 6.62. The van der Waals surface area contributed by atoms with Crippen molar-refractivity contribution in [1.29, 1.82) is 0 Å². The molecule has 0 rings (SSSR count). The number of carboxylic acids is 1. The first-order valence-corrected chi connectivity index (χ1v) is 7.39. The highest BCUT2D eigenvalue weighted by atomic mass is 19.4. The molecule has 0 radical (unpaired) electrons. The Hall–Kier alpha value is -1.27. The third-order valence-corrected chi connectivity index (χ3v) is 3.12. The largest absolute Gasteiger partial charge is 0.481 e. The molecular weight excluding hydrogens is 301 g/mol. The van der Waals surface area contributed by atoms with E-state index in [0.29, 0.717) is 12.8 Å². The van der Waals surface area contributed by atoms with E-state index >= 15 is 0 Å². The van der Waals surface area contributed by atoms with E-state index in [2.05, 4.69) is 0 Å². The van der Waals surface area contributed by atoms with Crippen LogP contribution in [0.3, 0.4) is 0 Å². The van der Waals surface area contributed by atoms with Gasteiger partial charge < -0.3 is 9.84 Å². The molecule has 0 bridgehead atoms. The molecule has 0 aromatic rings. The van der Waals surface area contributed by atoms with Crippen LogP contribution < -0.4 is 0 Å². The van der Waals surface area contributed by atoms with Gasteiger partial charge in [0.05, 0.1) is 11.8 Å². The topological polar surface area (TPSA) is 63.6 Å². The molecular formula is C15H25F3O4. The third-order valence-electron chi connectivity index (χ3n) is 3.12. The number of halogens is 3. The van der Waals surface area contributed by atoms with Crippen LogP contribution in [0.25, 0.3) is 0 Å². The Morgan fingerprint density at radius 2 is 1.64 bits per heavy atom. The molecule has 0 aliphatic heterocycles. The quantitative estimate of drug-likeness (QED) is 0.680. The number of carboxylic acid groups (broad SMARTS) is 1. The molecule has 0 saturated carbocycles. The minimum Gasteiger partial charge on any atom is -0.481 e. The van der Waals surface area contributed by atoms with Crippen molar-refractivity contribution in [2.45, 2.75) is 71.6 Å². The Balaban J connectivity index is 5.18. The fourth-order valence-electron chi connectivity index (χ4n) is 2.10. The maximum atomic E-state index is 12.4. The van der Waals surface area contributed by atoms with Crippen LogP contribution in [0.1, 0.15) is 59.8 Å². The number of hydrogen-bond donors (Lipinski definition) is 1. The van der Waals surface area contributed by atoms with E-state index in [4.69, 9.17) is 4.74 Å². The normalized spacial score (nSPS) is 15.2. The van der Waals surface area contributed by atoms with Gasteiger partial charge in [-0.2, -0.15) is 13.2 Å². The molecule has 1 N–H and O–H groups in total. The van der Waals surface area contributed by atoms with Gasteiger partial charge in [-0.25, -0.2) is 0 Å². The first-order chi connectivity index (χ1) is 9.87. The minimum atomic E-state index is -4.44. The lowest BCUT2D eigenvalue weighted by Crippen LogP contribution is -2.36. The molecule has 0 fully saturated rings. The summed E-state index contributed by atoms with van der Waals surface area (Å²) in [5.41, 5.74) is -0.874. The van der Waals surface area contributed by atoms with Gasteiger partial charge in [-0.15, -0.1) is 0 Å². The van der Waals surface area contributed by atoms with Gasteiger partial charge in [-0.3, -0.25) is 9.59 Å². The molecule has 0 aromatic carbocycles. The van der Waals surface area contributed by atoms with Gasteiger partial charge in [0.2, 0.25) is 0 Å². The number of alkyl halides is 3. The first-order valence-electron chi connectivity index (χ1n) is 7.39. The van der Waals surface area contributed by atoms with Gasteiger partial charge in [0, 0.05) is 6.42 Å². The van der Waals surface area contributed by atoms with E-state index in [9.17, 15) is 27.9 Å². The number of aliphatic carboxylic acids is 1. The van der Waals surface area contributed by atoms with Gasteiger partial charge in [0.15, 0.2) is 0 Å². The maximum absolute atomic E-state index is 12.4. The highest BCUT2D eigenvalue weighted by molar-refractivity contribution is 5.81. The lowest BCUT2D eigenvalue weighted by atomic mass is 9.84. The second-order valence-electron chi connectivity index (χ2n) is 6.38. The number of esters is 1. The summed E-state index contributed by atoms with van der Waals surface area (Å²) in [5.74, 6) is -4.58. The summed E-state index contributed by atoms with van der Waals surface area (Å²) >= 11 is 0. The molecule has 0 aliphatic rings. The Bertz CT molecular complexity index is 372. The molecule has 130 valence electrons. The number of ether oxygens (including phenoxy) is 1. The summed E-state index contributed by atoms with van der Waals surface area (Å²) in [5, 5.41) is 9.26. The molecule has 4 nitrogen and oxygen atoms in total. The monoisotopic (exact) mass is 326 g/mol. The highest BCUT2D eigenvalue weighted by Gasteiger charge is 2.39. The standard InChI is InChI=1S/C15H25F3O4/c1-5-6-7-10(12(19)20)11(8-9-15(16,17)18)13(21)22-14(2,3)4/h10-11H,5-9H2,1-4H3,(H,19,20)/t10-,11-/m1/s1. The molecule has 0 unspecified atom stereocenters. The zero-order chi connectivity index (χ0) is 17.6. The van der Waals surface area contributed by atoms with Gasteiger partial charge >= 0.3 is 18.1 Å². The molecule has 0 spiro atoms. The SMILES string of the molecule is CCCC[C@@H](C(=O)O)[C@@H](CCC(F)(F)F)C(=O)OC(C)(C)C. The summed E-state index contributed by atoms with van der Waals surface area (Å²) in [7, 11) is 0. The molecule has 0 aliphatic carbocycles. The lowest BCUT2D eigenvalue weighted by molar-refractivity contribution is -0.171. The molecule has 0 saturated heterocycles. The van der Waals surface area contributed by atoms with Gasteiger partial charge in [0.1, 0.15) is 5.60 Å². The fourth-order valence-corrected chi connectivity index (χ4v) is 2.10. The Morgan fingerprint density at radius 3 is 2.00 bits per heavy atom. The molecule has 7 heteroatoms. The zero-order valence-corrected chi connectivity index (χ0v) is 13.5. The number of rotatable bonds is 8. The summed E-state index contributed by atoms with van der Waals surface area (Å²) in [6, 6.07) is 0. The lowest BCUT2D eigenvalue weighted by Gasteiger charge is -2.27. The Morgan fingerprint density at radius 1 is 1.09 bits per heavy atom. The average molecular weight is 326 g/mol. The molecule has 2 atom stereocenters. The van der Waals surface area contributed by atoms with Gasteiger partial charge in [0.25, 0.3) is 0 Å². The number of unbranched alkanes of at least 4 members (excludes halogenated alkanes) is 1. The molecule has 22 heavy (non-hydrogen) atoms. The van der Waals surface area contributed by atoms with Crippen LogP contribution in [-0.2, 0) is 14.3 Å². The predicted molar refractivity (Wildman–Crippen MR) is 75.3 cm³/mol. The van der Waals surface area contributed by atoms with E-state index in [0.717, 1.165) is 0 Å². The van der Waals surface area contributed by atoms with Crippen molar-refractivity contribution in [3.8, 4) is 0 Å². The van der Waals surface area contributed by atoms with Crippen LogP contribution in [0.5, 0.6) is 0 Å². The predicted octanol–water partition coefficient (Wildman–Crippen LogP) is 4.18.